The van der Waals surface area contributed by atoms with Gasteiger partial charge in [-0.05, 0) is 56.8 Å². The van der Waals surface area contributed by atoms with E-state index in [0.717, 1.165) is 25.6 Å². The van der Waals surface area contributed by atoms with Gasteiger partial charge in [0.25, 0.3) is 0 Å². The molecule has 0 saturated carbocycles. The second-order valence-electron chi connectivity index (χ2n) is 9.21. The molecule has 6 heteroatoms. The number of piperazine rings is 1. The Kier molecular flexibility index (Phi) is 9.47. The summed E-state index contributed by atoms with van der Waals surface area (Å²) in [6, 6.07) is 9.21. The lowest BCUT2D eigenvalue weighted by atomic mass is 10.1. The highest BCUT2D eigenvalue weighted by molar-refractivity contribution is 5.80. The lowest BCUT2D eigenvalue weighted by molar-refractivity contribution is 0.125. The molecule has 0 aromatic heterocycles. The second-order valence-corrected chi connectivity index (χ2v) is 9.21. The summed E-state index contributed by atoms with van der Waals surface area (Å²) in [7, 11) is 0. The van der Waals surface area contributed by atoms with Crippen LogP contribution in [-0.2, 0) is 0 Å². The molecule has 2 heterocycles. The van der Waals surface area contributed by atoms with E-state index in [9.17, 15) is 0 Å². The van der Waals surface area contributed by atoms with Crippen LogP contribution in [0.3, 0.4) is 0 Å². The van der Waals surface area contributed by atoms with Crippen molar-refractivity contribution in [3.05, 3.63) is 29.8 Å². The molecule has 2 fully saturated rings. The molecule has 0 aliphatic carbocycles. The van der Waals surface area contributed by atoms with Crippen LogP contribution in [-0.4, -0.2) is 81.2 Å². The van der Waals surface area contributed by atoms with E-state index in [1.807, 2.05) is 0 Å². The Labute approximate surface area is 190 Å². The minimum atomic E-state index is 0.220. The van der Waals surface area contributed by atoms with Crippen molar-refractivity contribution in [2.45, 2.75) is 46.6 Å². The minimum absolute atomic E-state index is 0.220. The molecule has 2 aliphatic heterocycles. The number of benzene rings is 1. The zero-order valence-corrected chi connectivity index (χ0v) is 20.2. The summed E-state index contributed by atoms with van der Waals surface area (Å²) in [5.74, 6) is 1.47. The van der Waals surface area contributed by atoms with E-state index in [0.29, 0.717) is 5.92 Å². The number of hydrogen-bond acceptors (Lipinski definition) is 4. The third kappa shape index (κ3) is 7.39. The third-order valence-corrected chi connectivity index (χ3v) is 6.58. The van der Waals surface area contributed by atoms with Crippen LogP contribution < -0.4 is 15.5 Å². The van der Waals surface area contributed by atoms with E-state index in [4.69, 9.17) is 4.99 Å². The van der Waals surface area contributed by atoms with Crippen LogP contribution in [0.4, 0.5) is 5.69 Å². The number of aliphatic imine (C=N–C) groups is 1. The van der Waals surface area contributed by atoms with Crippen LogP contribution >= 0.6 is 0 Å². The Balaban J connectivity index is 1.52. The van der Waals surface area contributed by atoms with E-state index >= 15 is 0 Å². The normalized spacial score (nSPS) is 20.6. The first-order chi connectivity index (χ1) is 15.1. The van der Waals surface area contributed by atoms with Crippen molar-refractivity contribution in [2.75, 3.05) is 70.3 Å². The predicted molar refractivity (Wildman–Crippen MR) is 133 cm³/mol. The Morgan fingerprint density at radius 3 is 2.39 bits per heavy atom. The van der Waals surface area contributed by atoms with Crippen LogP contribution in [0.25, 0.3) is 0 Å². The Morgan fingerprint density at radius 1 is 1.00 bits per heavy atom. The monoisotopic (exact) mass is 428 g/mol. The van der Waals surface area contributed by atoms with Gasteiger partial charge in [0, 0.05) is 64.6 Å². The fourth-order valence-corrected chi connectivity index (χ4v) is 4.61. The Bertz CT molecular complexity index is 676. The lowest BCUT2D eigenvalue weighted by Crippen LogP contribution is -2.47. The highest BCUT2D eigenvalue weighted by Gasteiger charge is 2.18. The topological polar surface area (TPSA) is 46.1 Å². The number of nitrogens with one attached hydrogen (secondary N) is 2. The van der Waals surface area contributed by atoms with E-state index in [2.05, 4.69) is 77.3 Å². The molecule has 0 amide bonds. The van der Waals surface area contributed by atoms with E-state index < -0.39 is 0 Å². The molecular formula is C25H44N6. The molecule has 1 aromatic carbocycles. The van der Waals surface area contributed by atoms with E-state index in [1.165, 1.54) is 69.9 Å². The summed E-state index contributed by atoms with van der Waals surface area (Å²) in [5, 5.41) is 7.06. The van der Waals surface area contributed by atoms with Gasteiger partial charge in [-0.15, -0.1) is 0 Å². The first-order valence-electron chi connectivity index (χ1n) is 12.4. The largest absolute Gasteiger partial charge is 0.372 e. The summed E-state index contributed by atoms with van der Waals surface area (Å²) in [6.07, 6.45) is 2.61. The van der Waals surface area contributed by atoms with Crippen LogP contribution in [0, 0.1) is 5.92 Å². The van der Waals surface area contributed by atoms with Crippen molar-refractivity contribution in [3.63, 3.8) is 0 Å². The van der Waals surface area contributed by atoms with E-state index in [-0.39, 0.29) is 6.04 Å². The molecule has 0 radical (unpaired) electrons. The average molecular weight is 429 g/mol. The maximum atomic E-state index is 4.92. The molecule has 0 bridgehead atoms. The summed E-state index contributed by atoms with van der Waals surface area (Å²) < 4.78 is 0. The zero-order valence-electron chi connectivity index (χ0n) is 20.2. The van der Waals surface area contributed by atoms with Crippen molar-refractivity contribution < 1.29 is 0 Å². The fraction of sp³-hybridized carbons (Fsp3) is 0.720. The molecular weight excluding hydrogens is 384 g/mol. The van der Waals surface area contributed by atoms with Crippen LogP contribution in [0.2, 0.25) is 0 Å². The number of anilines is 1. The Hall–Kier alpha value is -1.79. The first-order valence-corrected chi connectivity index (χ1v) is 12.4. The summed E-state index contributed by atoms with van der Waals surface area (Å²) >= 11 is 0. The zero-order chi connectivity index (χ0) is 22.1. The maximum absolute atomic E-state index is 4.92. The highest BCUT2D eigenvalue weighted by atomic mass is 15.3. The molecule has 2 N–H and O–H groups in total. The number of hydrogen-bond donors (Lipinski definition) is 2. The summed E-state index contributed by atoms with van der Waals surface area (Å²) in [4.78, 5) is 12.6. The molecule has 3 rings (SSSR count). The molecule has 31 heavy (non-hydrogen) atoms. The number of rotatable bonds is 9. The molecule has 2 unspecified atom stereocenters. The van der Waals surface area contributed by atoms with Gasteiger partial charge < -0.3 is 25.3 Å². The molecule has 174 valence electrons. The van der Waals surface area contributed by atoms with Gasteiger partial charge in [-0.2, -0.15) is 0 Å². The number of nitrogens with zero attached hydrogens (tertiary/aromatic N) is 4. The molecule has 1 aromatic rings. The molecule has 2 saturated heterocycles. The van der Waals surface area contributed by atoms with Gasteiger partial charge >= 0.3 is 0 Å². The molecule has 2 atom stereocenters. The van der Waals surface area contributed by atoms with Crippen LogP contribution in [0.15, 0.2) is 29.3 Å². The quantitative estimate of drug-likeness (QED) is 0.467. The number of likely N-dealkylation sites (N-methyl/N-ethyl adjacent to an activating group) is 1. The standard InChI is InChI=1S/C25H44N6/c1-5-26-25(27-19-21(3)20-30-16-14-29(6-2)15-17-30)28-22(4)23-10-9-11-24(18-23)31-12-7-8-13-31/h9-11,18,21-22H,5-8,12-17,19-20H2,1-4H3,(H2,26,27,28). The van der Waals surface area contributed by atoms with Gasteiger partial charge in [-0.3, -0.25) is 4.99 Å². The van der Waals surface area contributed by atoms with Crippen molar-refractivity contribution >= 4 is 11.6 Å². The van der Waals surface area contributed by atoms with Crippen molar-refractivity contribution in [1.82, 2.24) is 20.4 Å². The molecule has 6 nitrogen and oxygen atoms in total. The highest BCUT2D eigenvalue weighted by Crippen LogP contribution is 2.24. The summed E-state index contributed by atoms with van der Waals surface area (Å²) in [5.41, 5.74) is 2.67. The number of guanidine groups is 1. The van der Waals surface area contributed by atoms with Gasteiger partial charge in [0.05, 0.1) is 6.04 Å². The maximum Gasteiger partial charge on any atom is 0.191 e. The lowest BCUT2D eigenvalue weighted by Gasteiger charge is -2.35. The van der Waals surface area contributed by atoms with Crippen LogP contribution in [0.5, 0.6) is 0 Å². The van der Waals surface area contributed by atoms with Gasteiger partial charge in [0.15, 0.2) is 5.96 Å². The summed E-state index contributed by atoms with van der Waals surface area (Å²) in [6.45, 7) is 20.1. The smallest absolute Gasteiger partial charge is 0.191 e. The minimum Gasteiger partial charge on any atom is -0.372 e. The fourth-order valence-electron chi connectivity index (χ4n) is 4.61. The van der Waals surface area contributed by atoms with Crippen LogP contribution in [0.1, 0.15) is 52.1 Å². The van der Waals surface area contributed by atoms with Gasteiger partial charge in [0.1, 0.15) is 0 Å². The van der Waals surface area contributed by atoms with Crippen molar-refractivity contribution in [2.24, 2.45) is 10.9 Å². The van der Waals surface area contributed by atoms with Gasteiger partial charge in [0.2, 0.25) is 0 Å². The SMILES string of the molecule is CCNC(=NCC(C)CN1CCN(CC)CC1)NC(C)c1cccc(N2CCCC2)c1. The van der Waals surface area contributed by atoms with E-state index in [1.54, 1.807) is 0 Å². The first kappa shape index (κ1) is 23.9. The third-order valence-electron chi connectivity index (χ3n) is 6.58. The van der Waals surface area contributed by atoms with Crippen molar-refractivity contribution in [1.29, 1.82) is 0 Å². The predicted octanol–water partition coefficient (Wildman–Crippen LogP) is 3.18. The Morgan fingerprint density at radius 2 is 1.71 bits per heavy atom. The van der Waals surface area contributed by atoms with Gasteiger partial charge in [-0.25, -0.2) is 0 Å². The second kappa shape index (κ2) is 12.3. The van der Waals surface area contributed by atoms with Gasteiger partial charge in [-0.1, -0.05) is 26.0 Å². The molecule has 2 aliphatic rings. The average Bonchev–Trinajstić information content (AvgIpc) is 3.33. The molecule has 0 spiro atoms. The van der Waals surface area contributed by atoms with Crippen molar-refractivity contribution in [3.8, 4) is 0 Å².